The molecule has 0 spiro atoms. The largest absolute Gasteiger partial charge is 0.493 e. The highest BCUT2D eigenvalue weighted by Gasteiger charge is 2.06. The van der Waals surface area contributed by atoms with Crippen molar-refractivity contribution in [2.45, 2.75) is 13.3 Å². The highest BCUT2D eigenvalue weighted by molar-refractivity contribution is 5.71. The Morgan fingerprint density at radius 2 is 2.18 bits per heavy atom. The van der Waals surface area contributed by atoms with E-state index in [1.165, 1.54) is 14.0 Å². The molecule has 92 valence electrons. The highest BCUT2D eigenvalue weighted by atomic mass is 16.6. The van der Waals surface area contributed by atoms with Crippen molar-refractivity contribution in [1.82, 2.24) is 0 Å². The molecule has 0 bridgehead atoms. The summed E-state index contributed by atoms with van der Waals surface area (Å²) in [4.78, 5) is 10.9. The second-order valence-corrected chi connectivity index (χ2v) is 3.48. The molecule has 4 nitrogen and oxygen atoms in total. The van der Waals surface area contributed by atoms with Gasteiger partial charge in [-0.25, -0.2) is 0 Å². The number of rotatable bonds is 5. The maximum absolute atomic E-state index is 10.9. The van der Waals surface area contributed by atoms with E-state index < -0.39 is 0 Å². The van der Waals surface area contributed by atoms with E-state index in [2.05, 4.69) is 0 Å². The van der Waals surface area contributed by atoms with Crippen LogP contribution in [0.15, 0.2) is 24.3 Å². The van der Waals surface area contributed by atoms with E-state index in [9.17, 15) is 4.79 Å². The van der Waals surface area contributed by atoms with Crippen molar-refractivity contribution >= 4 is 12.0 Å². The van der Waals surface area contributed by atoms with Crippen LogP contribution in [0, 0.1) is 0 Å². The molecule has 17 heavy (non-hydrogen) atoms. The molecule has 0 amide bonds. The van der Waals surface area contributed by atoms with Crippen molar-refractivity contribution in [3.63, 3.8) is 0 Å². The van der Waals surface area contributed by atoms with Gasteiger partial charge < -0.3 is 15.2 Å². The zero-order chi connectivity index (χ0) is 12.7. The molecule has 0 saturated heterocycles. The Labute approximate surface area is 101 Å². The van der Waals surface area contributed by atoms with Gasteiger partial charge in [0.2, 0.25) is 0 Å². The second kappa shape index (κ2) is 6.70. The molecule has 0 atom stereocenters. The highest BCUT2D eigenvalue weighted by Crippen LogP contribution is 2.28. The predicted molar refractivity (Wildman–Crippen MR) is 67.0 cm³/mol. The van der Waals surface area contributed by atoms with Gasteiger partial charge in [-0.05, 0) is 30.7 Å². The second-order valence-electron chi connectivity index (χ2n) is 3.48. The van der Waals surface area contributed by atoms with Crippen LogP contribution in [0.4, 0.5) is 0 Å². The Bertz CT molecular complexity index is 413. The van der Waals surface area contributed by atoms with Crippen LogP contribution in [-0.4, -0.2) is 19.6 Å². The summed E-state index contributed by atoms with van der Waals surface area (Å²) in [6, 6.07) is 5.38. The standard InChI is InChI=1S/C13H17NO3/c1-10(15)17-12-7-6-11(5-3-4-8-14)9-13(12)16-2/h3,5-7,9H,4,8,14H2,1-2H3/b5-3+. The minimum absolute atomic E-state index is 0.366. The molecule has 0 saturated carbocycles. The average Bonchev–Trinajstić information content (AvgIpc) is 2.30. The van der Waals surface area contributed by atoms with Gasteiger partial charge in [-0.1, -0.05) is 18.2 Å². The van der Waals surface area contributed by atoms with E-state index in [1.54, 1.807) is 6.07 Å². The molecule has 1 aromatic rings. The third kappa shape index (κ3) is 4.28. The fraction of sp³-hybridized carbons (Fsp3) is 0.308. The maximum atomic E-state index is 10.9. The lowest BCUT2D eigenvalue weighted by Crippen LogP contribution is -2.03. The van der Waals surface area contributed by atoms with Crippen molar-refractivity contribution in [2.75, 3.05) is 13.7 Å². The fourth-order valence-corrected chi connectivity index (χ4v) is 1.34. The Hall–Kier alpha value is -1.81. The van der Waals surface area contributed by atoms with Crippen LogP contribution in [0.3, 0.4) is 0 Å². The number of esters is 1. The number of carbonyl (C=O) groups excluding carboxylic acids is 1. The summed E-state index contributed by atoms with van der Waals surface area (Å²) >= 11 is 0. The van der Waals surface area contributed by atoms with Crippen LogP contribution in [0.5, 0.6) is 11.5 Å². The van der Waals surface area contributed by atoms with E-state index in [-0.39, 0.29) is 5.97 Å². The number of benzene rings is 1. The Kier molecular flexibility index (Phi) is 5.23. The van der Waals surface area contributed by atoms with E-state index in [1.807, 2.05) is 24.3 Å². The molecule has 2 N–H and O–H groups in total. The summed E-state index contributed by atoms with van der Waals surface area (Å²) in [7, 11) is 1.54. The Morgan fingerprint density at radius 3 is 2.76 bits per heavy atom. The zero-order valence-corrected chi connectivity index (χ0v) is 10.1. The van der Waals surface area contributed by atoms with Crippen LogP contribution in [-0.2, 0) is 4.79 Å². The molecule has 0 heterocycles. The lowest BCUT2D eigenvalue weighted by Gasteiger charge is -2.08. The Morgan fingerprint density at radius 1 is 1.41 bits per heavy atom. The molecule has 0 aliphatic rings. The summed E-state index contributed by atoms with van der Waals surface area (Å²) in [5, 5.41) is 0. The van der Waals surface area contributed by atoms with Crippen LogP contribution < -0.4 is 15.2 Å². The zero-order valence-electron chi connectivity index (χ0n) is 10.1. The number of hydrogen-bond donors (Lipinski definition) is 1. The van der Waals surface area contributed by atoms with E-state index in [0.29, 0.717) is 18.0 Å². The topological polar surface area (TPSA) is 61.6 Å². The van der Waals surface area contributed by atoms with Crippen LogP contribution >= 0.6 is 0 Å². The fourth-order valence-electron chi connectivity index (χ4n) is 1.34. The molecule has 0 radical (unpaired) electrons. The van der Waals surface area contributed by atoms with Gasteiger partial charge in [0, 0.05) is 6.92 Å². The van der Waals surface area contributed by atoms with Gasteiger partial charge in [-0.2, -0.15) is 0 Å². The number of carbonyl (C=O) groups is 1. The lowest BCUT2D eigenvalue weighted by atomic mass is 10.2. The van der Waals surface area contributed by atoms with Crippen molar-refractivity contribution in [2.24, 2.45) is 5.73 Å². The minimum atomic E-state index is -0.366. The first-order valence-corrected chi connectivity index (χ1v) is 5.40. The molecule has 0 aromatic heterocycles. The van der Waals surface area contributed by atoms with Gasteiger partial charge in [0.05, 0.1) is 7.11 Å². The monoisotopic (exact) mass is 235 g/mol. The summed E-state index contributed by atoms with van der Waals surface area (Å²) in [6.07, 6.45) is 4.77. The van der Waals surface area contributed by atoms with Crippen LogP contribution in [0.1, 0.15) is 18.9 Å². The molecule has 0 aliphatic heterocycles. The average molecular weight is 235 g/mol. The quantitative estimate of drug-likeness (QED) is 0.626. The van der Waals surface area contributed by atoms with Crippen molar-refractivity contribution < 1.29 is 14.3 Å². The maximum Gasteiger partial charge on any atom is 0.308 e. The summed E-state index contributed by atoms with van der Waals surface area (Å²) in [5.41, 5.74) is 6.37. The normalized spacial score (nSPS) is 10.5. The van der Waals surface area contributed by atoms with E-state index in [4.69, 9.17) is 15.2 Å². The smallest absolute Gasteiger partial charge is 0.308 e. The lowest BCUT2D eigenvalue weighted by molar-refractivity contribution is -0.132. The molecule has 0 fully saturated rings. The number of hydrogen-bond acceptors (Lipinski definition) is 4. The summed E-state index contributed by atoms with van der Waals surface area (Å²) in [6.45, 7) is 1.98. The molecule has 1 aromatic carbocycles. The SMILES string of the molecule is COc1cc(/C=C/CCN)ccc1OC(C)=O. The number of ether oxygens (including phenoxy) is 2. The van der Waals surface area contributed by atoms with Crippen molar-refractivity contribution in [1.29, 1.82) is 0 Å². The van der Waals surface area contributed by atoms with Crippen LogP contribution in [0.2, 0.25) is 0 Å². The first-order chi connectivity index (χ1) is 8.17. The first kappa shape index (κ1) is 13.3. The van der Waals surface area contributed by atoms with Gasteiger partial charge >= 0.3 is 5.97 Å². The summed E-state index contributed by atoms with van der Waals surface area (Å²) in [5.74, 6) is 0.598. The van der Waals surface area contributed by atoms with Gasteiger partial charge in [-0.15, -0.1) is 0 Å². The third-order valence-electron chi connectivity index (χ3n) is 2.09. The minimum Gasteiger partial charge on any atom is -0.493 e. The molecule has 4 heteroatoms. The molecular formula is C13H17NO3. The number of methoxy groups -OCH3 is 1. The predicted octanol–water partition coefficient (Wildman–Crippen LogP) is 1.98. The van der Waals surface area contributed by atoms with E-state index in [0.717, 1.165) is 12.0 Å². The van der Waals surface area contributed by atoms with Gasteiger partial charge in [0.1, 0.15) is 0 Å². The van der Waals surface area contributed by atoms with Gasteiger partial charge in [-0.3, -0.25) is 4.79 Å². The molecule has 0 aliphatic carbocycles. The molecular weight excluding hydrogens is 218 g/mol. The van der Waals surface area contributed by atoms with Gasteiger partial charge in [0.15, 0.2) is 11.5 Å². The van der Waals surface area contributed by atoms with Crippen molar-refractivity contribution in [3.05, 3.63) is 29.8 Å². The third-order valence-corrected chi connectivity index (χ3v) is 2.09. The number of nitrogens with two attached hydrogens (primary N) is 1. The molecule has 1 rings (SSSR count). The summed E-state index contributed by atoms with van der Waals surface area (Å²) < 4.78 is 10.2. The molecule has 0 unspecified atom stereocenters. The van der Waals surface area contributed by atoms with Gasteiger partial charge in [0.25, 0.3) is 0 Å². The van der Waals surface area contributed by atoms with Crippen LogP contribution in [0.25, 0.3) is 6.08 Å². The first-order valence-electron chi connectivity index (χ1n) is 5.40. The van der Waals surface area contributed by atoms with E-state index >= 15 is 0 Å². The van der Waals surface area contributed by atoms with Crippen molar-refractivity contribution in [3.8, 4) is 11.5 Å². The Balaban J connectivity index is 2.88.